The molecule has 4 amide bonds. The Kier molecular flexibility index (Phi) is 15.4. The summed E-state index contributed by atoms with van der Waals surface area (Å²) in [4.78, 5) is 51.8. The Morgan fingerprint density at radius 2 is 1.22 bits per heavy atom. The predicted octanol–water partition coefficient (Wildman–Crippen LogP) is 10.2. The van der Waals surface area contributed by atoms with E-state index in [1.54, 1.807) is 35.2 Å². The highest BCUT2D eigenvalue weighted by Gasteiger charge is 2.43. The molecule has 5 aliphatic rings. The number of amides is 4. The molecule has 0 unspecified atom stereocenters. The second-order valence-corrected chi connectivity index (χ2v) is 20.3. The Bertz CT molecular complexity index is 3270. The van der Waals surface area contributed by atoms with Gasteiger partial charge in [0.25, 0.3) is 0 Å². The number of aromatic nitrogens is 4. The molecular formula is C53H50Cl2F6N10O8. The van der Waals surface area contributed by atoms with Crippen LogP contribution in [0.1, 0.15) is 37.8 Å². The molecule has 11 rings (SSSR count). The molecule has 4 bridgehead atoms. The molecule has 2 aromatic carbocycles. The van der Waals surface area contributed by atoms with Gasteiger partial charge in [0.1, 0.15) is 25.4 Å². The van der Waals surface area contributed by atoms with Crippen molar-refractivity contribution in [3.05, 3.63) is 118 Å². The molecule has 79 heavy (non-hydrogen) atoms. The van der Waals surface area contributed by atoms with E-state index in [0.29, 0.717) is 85.9 Å². The van der Waals surface area contributed by atoms with Crippen LogP contribution in [-0.4, -0.2) is 125 Å². The lowest BCUT2D eigenvalue weighted by Gasteiger charge is -2.36. The number of hydrogen-bond acceptors (Lipinski definition) is 14. The molecule has 4 aromatic heterocycles. The molecule has 0 radical (unpaired) electrons. The Labute approximate surface area is 457 Å². The Hall–Kier alpha value is -7.22. The number of nitrogens with one attached hydrogen (secondary N) is 2. The molecule has 3 saturated heterocycles. The van der Waals surface area contributed by atoms with Crippen LogP contribution in [0.2, 0.25) is 10.0 Å². The van der Waals surface area contributed by atoms with Gasteiger partial charge < -0.3 is 49.6 Å². The third kappa shape index (κ3) is 12.2. The van der Waals surface area contributed by atoms with Crippen LogP contribution in [0.3, 0.4) is 0 Å². The van der Waals surface area contributed by atoms with Crippen LogP contribution in [-0.2, 0) is 21.8 Å². The van der Waals surface area contributed by atoms with Gasteiger partial charge in [-0.1, -0.05) is 47.5 Å². The van der Waals surface area contributed by atoms with Crippen LogP contribution in [0.25, 0.3) is 22.5 Å². The lowest BCUT2D eigenvalue weighted by molar-refractivity contribution is -0.141. The number of carbonyl (C=O) groups excluding carboxylic acids is 2. The molecule has 6 aromatic rings. The van der Waals surface area contributed by atoms with Crippen LogP contribution in [0, 0.1) is 0 Å². The van der Waals surface area contributed by atoms with Crippen molar-refractivity contribution in [2.45, 2.75) is 69.1 Å². The van der Waals surface area contributed by atoms with E-state index >= 15 is 0 Å². The first-order valence-corrected chi connectivity index (χ1v) is 25.6. The number of urea groups is 2. The number of anilines is 6. The van der Waals surface area contributed by atoms with Crippen molar-refractivity contribution >= 4 is 69.6 Å². The average Bonchev–Trinajstić information content (AvgIpc) is 4.33. The number of hydrogen-bond donors (Lipinski definition) is 4. The second-order valence-electron chi connectivity index (χ2n) is 19.5. The summed E-state index contributed by atoms with van der Waals surface area (Å²) in [7, 11) is 0. The van der Waals surface area contributed by atoms with Crippen molar-refractivity contribution in [1.29, 1.82) is 0 Å². The summed E-state index contributed by atoms with van der Waals surface area (Å²) in [6, 6.07) is 17.8. The van der Waals surface area contributed by atoms with Crippen LogP contribution in [0.4, 0.5) is 70.3 Å². The van der Waals surface area contributed by atoms with Crippen molar-refractivity contribution in [1.82, 2.24) is 19.9 Å². The smallest absolute Gasteiger partial charge is 0.416 e. The summed E-state index contributed by atoms with van der Waals surface area (Å²) in [5, 5.41) is 24.5. The van der Waals surface area contributed by atoms with Gasteiger partial charge in [0.2, 0.25) is 11.8 Å². The normalized spacial score (nSPS) is 19.3. The molecule has 4 N–H and O–H groups in total. The van der Waals surface area contributed by atoms with Gasteiger partial charge in [0.05, 0.1) is 69.2 Å². The third-order valence-corrected chi connectivity index (χ3v) is 14.1. The fourth-order valence-corrected chi connectivity index (χ4v) is 10.3. The lowest BCUT2D eigenvalue weighted by atomic mass is 10.1. The molecule has 5 aliphatic heterocycles. The number of alkyl halides is 6. The highest BCUT2D eigenvalue weighted by atomic mass is 35.5. The van der Waals surface area contributed by atoms with Crippen molar-refractivity contribution in [3.8, 4) is 34.3 Å². The third-order valence-electron chi connectivity index (χ3n) is 13.5. The molecule has 9 heterocycles. The van der Waals surface area contributed by atoms with Gasteiger partial charge in [-0.2, -0.15) is 26.3 Å². The summed E-state index contributed by atoms with van der Waals surface area (Å²) in [6.45, 7) is 6.15. The maximum Gasteiger partial charge on any atom is 0.416 e. The number of benzene rings is 2. The molecule has 0 aliphatic carbocycles. The van der Waals surface area contributed by atoms with Gasteiger partial charge in [0, 0.05) is 73.2 Å². The van der Waals surface area contributed by atoms with Crippen LogP contribution in [0.5, 0.6) is 11.8 Å². The fourth-order valence-electron chi connectivity index (χ4n) is 9.82. The lowest BCUT2D eigenvalue weighted by Crippen LogP contribution is -2.48. The summed E-state index contributed by atoms with van der Waals surface area (Å²) in [6.07, 6.45) is -6.06. The number of fused-ring (bicyclic) bond motifs is 8. The number of carbonyl (C=O) groups is 2. The van der Waals surface area contributed by atoms with Gasteiger partial charge in [-0.05, 0) is 75.2 Å². The molecular weight excluding hydrogens is 1090 g/mol. The maximum atomic E-state index is 13.7. The monoisotopic (exact) mass is 1140 g/mol. The molecule has 26 heteroatoms. The molecule has 0 spiro atoms. The number of pyridine rings is 4. The fraction of sp³-hybridized carbons (Fsp3) is 0.358. The Balaban J connectivity index is 0.000000179. The zero-order chi connectivity index (χ0) is 56.0. The minimum Gasteiger partial charge on any atom is -0.475 e. The predicted molar refractivity (Wildman–Crippen MR) is 281 cm³/mol. The van der Waals surface area contributed by atoms with Gasteiger partial charge >= 0.3 is 24.4 Å². The van der Waals surface area contributed by atoms with Gasteiger partial charge in [-0.15, -0.1) is 0 Å². The summed E-state index contributed by atoms with van der Waals surface area (Å²) >= 11 is 13.0. The van der Waals surface area contributed by atoms with Crippen LogP contribution < -0.4 is 39.7 Å². The molecule has 0 saturated carbocycles. The van der Waals surface area contributed by atoms with E-state index in [0.717, 1.165) is 24.3 Å². The average molecular weight is 1140 g/mol. The topological polar surface area (TPSA) is 200 Å². The van der Waals surface area contributed by atoms with Crippen molar-refractivity contribution in [3.63, 3.8) is 0 Å². The van der Waals surface area contributed by atoms with E-state index in [1.165, 1.54) is 47.6 Å². The molecule has 18 nitrogen and oxygen atoms in total. The summed E-state index contributed by atoms with van der Waals surface area (Å²) in [5.41, 5.74) is 1.14. The number of halogens is 8. The highest BCUT2D eigenvalue weighted by molar-refractivity contribution is 6.34. The number of ether oxygens (including phenoxy) is 4. The van der Waals surface area contributed by atoms with Gasteiger partial charge in [-0.3, -0.25) is 9.80 Å². The molecule has 416 valence electrons. The quantitative estimate of drug-likeness (QED) is 0.0893. The van der Waals surface area contributed by atoms with Crippen molar-refractivity contribution in [2.24, 2.45) is 0 Å². The standard InChI is InChI=1S/C28H27ClF3N5O4.C25H23ClF3N5O4/c1-27(2)40-15-20(41-27)14-39-23-11-18(6-8-33-23)34-26(38)37-19-7-9-36(13-19)22-12-21(29)24(35-25(22)37)16-4-3-5-17(10-16)28(30,31)32;26-19-10-20-23(32-22(19)14-2-1-3-15(8-14)25(27,28)29)34(17-5-7-33(20)11-17)24(37)31-16-4-6-30-21(9-16)38-13-18(36)12-35/h3-6,8,10-12,19-20H,7,9,13-15H2,1-2H3,(H,33,34,38);1-4,6,8-10,17-18,35-36H,5,7,11-13H2,(H,30,31,37)/t19-,20-;17-,18+/m00/s1. The van der Waals surface area contributed by atoms with E-state index in [-0.39, 0.29) is 69.8 Å². The van der Waals surface area contributed by atoms with E-state index in [4.69, 9.17) is 47.3 Å². The second kappa shape index (κ2) is 22.1. The van der Waals surface area contributed by atoms with Gasteiger partial charge in [-0.25, -0.2) is 29.5 Å². The number of nitrogens with zero attached hydrogens (tertiary/aromatic N) is 8. The number of aliphatic hydroxyl groups excluding tert-OH is 2. The first-order valence-electron chi connectivity index (χ1n) is 24.9. The first-order chi connectivity index (χ1) is 37.6. The van der Waals surface area contributed by atoms with Crippen LogP contribution >= 0.6 is 23.2 Å². The van der Waals surface area contributed by atoms with E-state index < -0.39 is 54.0 Å². The highest BCUT2D eigenvalue weighted by Crippen LogP contribution is 2.46. The minimum atomic E-state index is -4.53. The zero-order valence-electron chi connectivity index (χ0n) is 42.1. The minimum absolute atomic E-state index is 0.137. The van der Waals surface area contributed by atoms with E-state index in [2.05, 4.69) is 35.5 Å². The SMILES string of the molecule is CC1(C)OC[C@H](COc2cc(NC(=O)N3c4nc(-c5cccc(C(F)(F)F)c5)c(Cl)cc4N4CC[C@H]3C4)ccn2)O1.O=C(Nc1ccnc(OC[C@H](O)CO)c1)N1c2nc(-c3cccc(C(F)(F)F)c3)c(Cl)cc2N2CC[C@H]1C2. The Morgan fingerprint density at radius 1 is 0.734 bits per heavy atom. The zero-order valence-corrected chi connectivity index (χ0v) is 43.6. The first kappa shape index (κ1) is 55.1. The summed E-state index contributed by atoms with van der Waals surface area (Å²) < 4.78 is 103. The molecule has 3 fully saturated rings. The largest absolute Gasteiger partial charge is 0.475 e. The Morgan fingerprint density at radius 3 is 1.66 bits per heavy atom. The maximum absolute atomic E-state index is 13.7. The van der Waals surface area contributed by atoms with Crippen molar-refractivity contribution in [2.75, 3.05) is 82.8 Å². The van der Waals surface area contributed by atoms with E-state index in [9.17, 15) is 41.0 Å². The van der Waals surface area contributed by atoms with Crippen LogP contribution in [0.15, 0.2) is 97.3 Å². The number of aliphatic hydroxyl groups is 2. The van der Waals surface area contributed by atoms with Gasteiger partial charge in [0.15, 0.2) is 17.4 Å². The van der Waals surface area contributed by atoms with E-state index in [1.807, 2.05) is 18.7 Å². The molecule has 4 atom stereocenters. The number of rotatable bonds is 11. The summed E-state index contributed by atoms with van der Waals surface area (Å²) in [5.74, 6) is 0.401. The van der Waals surface area contributed by atoms with Crippen molar-refractivity contribution < 1.29 is 65.1 Å².